The van der Waals surface area contributed by atoms with Crippen molar-refractivity contribution in [3.8, 4) is 5.75 Å². The standard InChI is InChI=1S/C20H26N4O2/c1-14-10-16(6-7-17(14)26-3)12-20(25)21-13-18-22-15(2)11-19(23-18)24-8-4-5-9-24/h6-7,10-11H,4-5,8-9,12-13H2,1-3H3,(H,21,25). The van der Waals surface area contributed by atoms with E-state index >= 15 is 0 Å². The topological polar surface area (TPSA) is 67.3 Å². The number of nitrogens with zero attached hydrogens (tertiary/aromatic N) is 3. The van der Waals surface area contributed by atoms with Crippen molar-refractivity contribution in [2.45, 2.75) is 39.7 Å². The number of amides is 1. The second-order valence-electron chi connectivity index (χ2n) is 6.74. The molecule has 1 amide bonds. The number of benzene rings is 1. The molecule has 0 unspecified atom stereocenters. The van der Waals surface area contributed by atoms with E-state index in [2.05, 4.69) is 20.2 Å². The van der Waals surface area contributed by atoms with E-state index in [0.717, 1.165) is 41.5 Å². The first-order valence-electron chi connectivity index (χ1n) is 9.05. The first kappa shape index (κ1) is 18.2. The lowest BCUT2D eigenvalue weighted by molar-refractivity contribution is -0.120. The number of aromatic nitrogens is 2. The molecular formula is C20H26N4O2. The lowest BCUT2D eigenvalue weighted by Gasteiger charge is -2.17. The Morgan fingerprint density at radius 2 is 1.96 bits per heavy atom. The molecule has 1 aliphatic heterocycles. The number of carbonyl (C=O) groups is 1. The lowest BCUT2D eigenvalue weighted by Crippen LogP contribution is -2.26. The van der Waals surface area contributed by atoms with Crippen molar-refractivity contribution in [1.29, 1.82) is 0 Å². The van der Waals surface area contributed by atoms with Crippen LogP contribution in [-0.2, 0) is 17.8 Å². The number of methoxy groups -OCH3 is 1. The minimum atomic E-state index is -0.0394. The Morgan fingerprint density at radius 1 is 1.19 bits per heavy atom. The van der Waals surface area contributed by atoms with Crippen LogP contribution in [0.4, 0.5) is 5.82 Å². The first-order valence-corrected chi connectivity index (χ1v) is 9.05. The molecule has 3 rings (SSSR count). The summed E-state index contributed by atoms with van der Waals surface area (Å²) in [6.07, 6.45) is 2.74. The second kappa shape index (κ2) is 8.17. The molecule has 0 radical (unpaired) electrons. The largest absolute Gasteiger partial charge is 0.496 e. The van der Waals surface area contributed by atoms with Gasteiger partial charge in [0.2, 0.25) is 5.91 Å². The van der Waals surface area contributed by atoms with Gasteiger partial charge in [0, 0.05) is 24.8 Å². The fourth-order valence-electron chi connectivity index (χ4n) is 3.28. The average molecular weight is 354 g/mol. The summed E-state index contributed by atoms with van der Waals surface area (Å²) in [5.41, 5.74) is 2.91. The van der Waals surface area contributed by atoms with E-state index in [1.54, 1.807) is 7.11 Å². The average Bonchev–Trinajstić information content (AvgIpc) is 3.14. The molecule has 26 heavy (non-hydrogen) atoms. The highest BCUT2D eigenvalue weighted by Crippen LogP contribution is 2.19. The quantitative estimate of drug-likeness (QED) is 0.863. The summed E-state index contributed by atoms with van der Waals surface area (Å²) in [7, 11) is 1.65. The van der Waals surface area contributed by atoms with Crippen molar-refractivity contribution >= 4 is 11.7 Å². The van der Waals surface area contributed by atoms with Crippen LogP contribution in [0.25, 0.3) is 0 Å². The van der Waals surface area contributed by atoms with Crippen LogP contribution in [0, 0.1) is 13.8 Å². The molecule has 1 fully saturated rings. The fraction of sp³-hybridized carbons (Fsp3) is 0.450. The van der Waals surface area contributed by atoms with Crippen LogP contribution in [-0.4, -0.2) is 36.1 Å². The van der Waals surface area contributed by atoms with E-state index in [4.69, 9.17) is 4.74 Å². The zero-order valence-electron chi connectivity index (χ0n) is 15.7. The van der Waals surface area contributed by atoms with Gasteiger partial charge >= 0.3 is 0 Å². The Balaban J connectivity index is 1.59. The Bertz CT molecular complexity index is 785. The fourth-order valence-corrected chi connectivity index (χ4v) is 3.28. The Morgan fingerprint density at radius 3 is 2.65 bits per heavy atom. The number of carbonyl (C=O) groups excluding carboxylic acids is 1. The van der Waals surface area contributed by atoms with Crippen LogP contribution in [0.15, 0.2) is 24.3 Å². The number of anilines is 1. The second-order valence-corrected chi connectivity index (χ2v) is 6.74. The summed E-state index contributed by atoms with van der Waals surface area (Å²) in [6.45, 7) is 6.36. The van der Waals surface area contributed by atoms with Gasteiger partial charge in [-0.25, -0.2) is 9.97 Å². The van der Waals surface area contributed by atoms with Gasteiger partial charge in [0.05, 0.1) is 20.1 Å². The van der Waals surface area contributed by atoms with Gasteiger partial charge in [0.1, 0.15) is 17.4 Å². The molecule has 2 aromatic rings. The summed E-state index contributed by atoms with van der Waals surface area (Å²) in [5.74, 6) is 2.41. The van der Waals surface area contributed by atoms with Gasteiger partial charge in [-0.05, 0) is 43.9 Å². The van der Waals surface area contributed by atoms with Crippen molar-refractivity contribution in [2.75, 3.05) is 25.1 Å². The zero-order valence-corrected chi connectivity index (χ0v) is 15.7. The highest BCUT2D eigenvalue weighted by atomic mass is 16.5. The van der Waals surface area contributed by atoms with Crippen molar-refractivity contribution in [3.05, 3.63) is 46.9 Å². The Labute approximate surface area is 154 Å². The SMILES string of the molecule is COc1ccc(CC(=O)NCc2nc(C)cc(N3CCCC3)n2)cc1C. The Kier molecular flexibility index (Phi) is 5.71. The third-order valence-corrected chi connectivity index (χ3v) is 4.58. The molecule has 0 saturated carbocycles. The number of nitrogens with one attached hydrogen (secondary N) is 1. The Hall–Kier alpha value is -2.63. The summed E-state index contributed by atoms with van der Waals surface area (Å²) in [6, 6.07) is 7.80. The van der Waals surface area contributed by atoms with Gasteiger partial charge in [-0.1, -0.05) is 12.1 Å². The number of ether oxygens (including phenoxy) is 1. The predicted molar refractivity (Wildman–Crippen MR) is 101 cm³/mol. The molecule has 0 atom stereocenters. The van der Waals surface area contributed by atoms with Crippen molar-refractivity contribution in [1.82, 2.24) is 15.3 Å². The molecule has 0 aliphatic carbocycles. The minimum absolute atomic E-state index is 0.0394. The maximum absolute atomic E-state index is 12.3. The van der Waals surface area contributed by atoms with E-state index in [9.17, 15) is 4.79 Å². The molecular weight excluding hydrogens is 328 g/mol. The normalized spacial score (nSPS) is 13.7. The van der Waals surface area contributed by atoms with E-state index in [1.165, 1.54) is 12.8 Å². The maximum atomic E-state index is 12.3. The van der Waals surface area contributed by atoms with Crippen LogP contribution in [0.3, 0.4) is 0 Å². The molecule has 0 spiro atoms. The minimum Gasteiger partial charge on any atom is -0.496 e. The highest BCUT2D eigenvalue weighted by molar-refractivity contribution is 5.78. The zero-order chi connectivity index (χ0) is 18.5. The monoisotopic (exact) mass is 354 g/mol. The molecule has 6 heteroatoms. The third-order valence-electron chi connectivity index (χ3n) is 4.58. The molecule has 1 aromatic heterocycles. The van der Waals surface area contributed by atoms with Gasteiger partial charge in [-0.3, -0.25) is 4.79 Å². The number of aryl methyl sites for hydroxylation is 2. The van der Waals surface area contributed by atoms with Gasteiger partial charge in [-0.15, -0.1) is 0 Å². The van der Waals surface area contributed by atoms with E-state index < -0.39 is 0 Å². The van der Waals surface area contributed by atoms with Crippen molar-refractivity contribution in [2.24, 2.45) is 0 Å². The van der Waals surface area contributed by atoms with Crippen molar-refractivity contribution < 1.29 is 9.53 Å². The molecule has 1 aliphatic rings. The van der Waals surface area contributed by atoms with Crippen LogP contribution in [0.2, 0.25) is 0 Å². The summed E-state index contributed by atoms with van der Waals surface area (Å²) in [4.78, 5) is 23.6. The summed E-state index contributed by atoms with van der Waals surface area (Å²) in [5, 5.41) is 2.93. The number of hydrogen-bond acceptors (Lipinski definition) is 5. The van der Waals surface area contributed by atoms with Crippen LogP contribution in [0.5, 0.6) is 5.75 Å². The molecule has 1 saturated heterocycles. The number of hydrogen-bond donors (Lipinski definition) is 1. The van der Waals surface area contributed by atoms with Crippen LogP contribution >= 0.6 is 0 Å². The third kappa shape index (κ3) is 4.50. The highest BCUT2D eigenvalue weighted by Gasteiger charge is 2.15. The molecule has 2 heterocycles. The van der Waals surface area contributed by atoms with Gasteiger partial charge in [-0.2, -0.15) is 0 Å². The van der Waals surface area contributed by atoms with E-state index in [1.807, 2.05) is 38.1 Å². The van der Waals surface area contributed by atoms with E-state index in [0.29, 0.717) is 18.8 Å². The molecule has 138 valence electrons. The van der Waals surface area contributed by atoms with E-state index in [-0.39, 0.29) is 5.91 Å². The van der Waals surface area contributed by atoms with Gasteiger partial charge in [0.25, 0.3) is 0 Å². The lowest BCUT2D eigenvalue weighted by atomic mass is 10.1. The molecule has 1 N–H and O–H groups in total. The predicted octanol–water partition coefficient (Wildman–Crippen LogP) is 2.56. The molecule has 6 nitrogen and oxygen atoms in total. The number of rotatable bonds is 6. The van der Waals surface area contributed by atoms with Crippen LogP contribution < -0.4 is 15.0 Å². The molecule has 1 aromatic carbocycles. The van der Waals surface area contributed by atoms with Gasteiger partial charge in [0.15, 0.2) is 0 Å². The molecule has 0 bridgehead atoms. The van der Waals surface area contributed by atoms with Gasteiger partial charge < -0.3 is 15.0 Å². The maximum Gasteiger partial charge on any atom is 0.224 e. The summed E-state index contributed by atoms with van der Waals surface area (Å²) < 4.78 is 5.25. The smallest absolute Gasteiger partial charge is 0.224 e. The first-order chi connectivity index (χ1) is 12.5. The summed E-state index contributed by atoms with van der Waals surface area (Å²) >= 11 is 0. The van der Waals surface area contributed by atoms with Crippen molar-refractivity contribution in [3.63, 3.8) is 0 Å². The van der Waals surface area contributed by atoms with Crippen LogP contribution in [0.1, 0.15) is 35.5 Å².